The van der Waals surface area contributed by atoms with Crippen molar-refractivity contribution < 1.29 is 4.79 Å². The van der Waals surface area contributed by atoms with E-state index in [0.717, 1.165) is 56.2 Å². The molecule has 0 bridgehead atoms. The molecule has 2 fully saturated rings. The minimum absolute atomic E-state index is 0.239. The Labute approximate surface area is 173 Å². The lowest BCUT2D eigenvalue weighted by atomic mass is 9.96. The molecule has 158 valence electrons. The van der Waals surface area contributed by atoms with Crippen molar-refractivity contribution in [1.82, 2.24) is 29.9 Å². The Morgan fingerprint density at radius 2 is 2.00 bits per heavy atom. The van der Waals surface area contributed by atoms with Crippen LogP contribution in [-0.2, 0) is 17.8 Å². The van der Waals surface area contributed by atoms with E-state index in [1.165, 1.54) is 24.1 Å². The van der Waals surface area contributed by atoms with Crippen molar-refractivity contribution in [2.45, 2.75) is 84.6 Å². The number of nitrogens with zero attached hydrogens (tertiary/aromatic N) is 5. The van der Waals surface area contributed by atoms with E-state index in [9.17, 15) is 4.79 Å². The molecule has 29 heavy (non-hydrogen) atoms. The molecule has 0 radical (unpaired) electrons. The molecule has 2 aliphatic rings. The number of amides is 1. The first-order valence-electron chi connectivity index (χ1n) is 11.1. The quantitative estimate of drug-likeness (QED) is 0.774. The van der Waals surface area contributed by atoms with Crippen LogP contribution in [0.25, 0.3) is 0 Å². The van der Waals surface area contributed by atoms with Crippen molar-refractivity contribution in [3.63, 3.8) is 0 Å². The molecule has 4 rings (SSSR count). The highest BCUT2D eigenvalue weighted by Crippen LogP contribution is 2.38. The molecule has 0 unspecified atom stereocenters. The predicted octanol–water partition coefficient (Wildman–Crippen LogP) is 3.49. The van der Waals surface area contributed by atoms with E-state index in [2.05, 4.69) is 47.7 Å². The molecule has 1 saturated carbocycles. The Kier molecular flexibility index (Phi) is 5.74. The topological polar surface area (TPSA) is 79.7 Å². The van der Waals surface area contributed by atoms with Gasteiger partial charge in [0, 0.05) is 43.6 Å². The maximum atomic E-state index is 12.9. The highest BCUT2D eigenvalue weighted by molar-refractivity contribution is 5.76. The number of hydrogen-bond donors (Lipinski definition) is 1. The van der Waals surface area contributed by atoms with Gasteiger partial charge in [-0.3, -0.25) is 14.6 Å². The maximum Gasteiger partial charge on any atom is 0.222 e. The summed E-state index contributed by atoms with van der Waals surface area (Å²) in [4.78, 5) is 19.7. The van der Waals surface area contributed by atoms with Gasteiger partial charge >= 0.3 is 0 Å². The van der Waals surface area contributed by atoms with Gasteiger partial charge in [0.2, 0.25) is 5.91 Å². The molecule has 1 N–H and O–H groups in total. The zero-order valence-corrected chi connectivity index (χ0v) is 18.2. The number of carbonyl (C=O) groups excluding carboxylic acids is 1. The SMILES string of the molecule is Cc1nn(CC(C)C)c(C)c1CCC(=O)N1CCC[C@H](c2n[nH]c(C3CC3)n2)C1. The molecule has 1 saturated heterocycles. The zero-order valence-electron chi connectivity index (χ0n) is 18.2. The van der Waals surface area contributed by atoms with Gasteiger partial charge in [0.05, 0.1) is 5.69 Å². The highest BCUT2D eigenvalue weighted by atomic mass is 16.2. The fourth-order valence-electron chi connectivity index (χ4n) is 4.43. The number of rotatable bonds is 7. The first-order chi connectivity index (χ1) is 13.9. The Morgan fingerprint density at radius 1 is 1.21 bits per heavy atom. The van der Waals surface area contributed by atoms with Crippen LogP contribution in [0.3, 0.4) is 0 Å². The molecule has 3 heterocycles. The molecular formula is C22H34N6O. The van der Waals surface area contributed by atoms with Gasteiger partial charge in [-0.1, -0.05) is 13.8 Å². The number of H-pyrrole nitrogens is 1. The van der Waals surface area contributed by atoms with Crippen LogP contribution in [-0.4, -0.2) is 48.9 Å². The molecule has 7 heteroatoms. The fourth-order valence-corrected chi connectivity index (χ4v) is 4.43. The summed E-state index contributed by atoms with van der Waals surface area (Å²) in [5.74, 6) is 3.57. The molecule has 1 aliphatic heterocycles. The van der Waals surface area contributed by atoms with Crippen LogP contribution < -0.4 is 0 Å². The molecule has 1 amide bonds. The fraction of sp³-hybridized carbons (Fsp3) is 0.727. The van der Waals surface area contributed by atoms with Gasteiger partial charge in [-0.25, -0.2) is 4.98 Å². The Morgan fingerprint density at radius 3 is 2.72 bits per heavy atom. The number of piperidine rings is 1. The third-order valence-corrected chi connectivity index (χ3v) is 6.28. The Bertz CT molecular complexity index is 863. The summed E-state index contributed by atoms with van der Waals surface area (Å²) in [6.45, 7) is 11.1. The van der Waals surface area contributed by atoms with Crippen molar-refractivity contribution in [2.75, 3.05) is 13.1 Å². The Hall–Kier alpha value is -2.18. The number of likely N-dealkylation sites (tertiary alicyclic amines) is 1. The van der Waals surface area contributed by atoms with Crippen LogP contribution in [0.4, 0.5) is 0 Å². The standard InChI is InChI=1S/C22H34N6O/c1-14(2)12-28-16(4)19(15(3)26-28)9-10-20(29)27-11-5-6-18(13-27)22-23-21(24-25-22)17-7-8-17/h14,17-18H,5-13H2,1-4H3,(H,23,24,25)/t18-/m0/s1. The third kappa shape index (κ3) is 4.54. The molecule has 2 aromatic heterocycles. The van der Waals surface area contributed by atoms with Crippen molar-refractivity contribution in [3.8, 4) is 0 Å². The van der Waals surface area contributed by atoms with Gasteiger partial charge in [0.15, 0.2) is 5.82 Å². The molecule has 7 nitrogen and oxygen atoms in total. The van der Waals surface area contributed by atoms with E-state index in [0.29, 0.717) is 18.3 Å². The van der Waals surface area contributed by atoms with Gasteiger partial charge in [-0.15, -0.1) is 0 Å². The normalized spacial score (nSPS) is 19.9. The van der Waals surface area contributed by atoms with Crippen molar-refractivity contribution in [3.05, 3.63) is 28.6 Å². The number of aryl methyl sites for hydroxylation is 1. The summed E-state index contributed by atoms with van der Waals surface area (Å²) < 4.78 is 2.09. The number of aromatic amines is 1. The van der Waals surface area contributed by atoms with Crippen LogP contribution >= 0.6 is 0 Å². The van der Waals surface area contributed by atoms with E-state index in [1.54, 1.807) is 0 Å². The minimum Gasteiger partial charge on any atom is -0.342 e. The molecule has 2 aromatic rings. The first-order valence-corrected chi connectivity index (χ1v) is 11.1. The van der Waals surface area contributed by atoms with Gasteiger partial charge in [0.25, 0.3) is 0 Å². The monoisotopic (exact) mass is 398 g/mol. The van der Waals surface area contributed by atoms with E-state index >= 15 is 0 Å². The van der Waals surface area contributed by atoms with Crippen LogP contribution in [0.2, 0.25) is 0 Å². The largest absolute Gasteiger partial charge is 0.342 e. The predicted molar refractivity (Wildman–Crippen MR) is 112 cm³/mol. The van der Waals surface area contributed by atoms with Crippen LogP contribution in [0.15, 0.2) is 0 Å². The summed E-state index contributed by atoms with van der Waals surface area (Å²) in [7, 11) is 0. The third-order valence-electron chi connectivity index (χ3n) is 6.28. The average molecular weight is 399 g/mol. The van der Waals surface area contributed by atoms with E-state index in [4.69, 9.17) is 4.98 Å². The number of hydrogen-bond acceptors (Lipinski definition) is 4. The minimum atomic E-state index is 0.239. The lowest BCUT2D eigenvalue weighted by Crippen LogP contribution is -2.39. The van der Waals surface area contributed by atoms with Crippen molar-refractivity contribution in [1.29, 1.82) is 0 Å². The maximum absolute atomic E-state index is 12.9. The second-order valence-electron chi connectivity index (χ2n) is 9.26. The first kappa shape index (κ1) is 20.1. The molecule has 0 spiro atoms. The highest BCUT2D eigenvalue weighted by Gasteiger charge is 2.31. The van der Waals surface area contributed by atoms with Crippen molar-refractivity contribution >= 4 is 5.91 Å². The Balaban J connectivity index is 1.35. The van der Waals surface area contributed by atoms with Gasteiger partial charge in [0.1, 0.15) is 5.82 Å². The summed E-state index contributed by atoms with van der Waals surface area (Å²) in [5, 5.41) is 12.2. The van der Waals surface area contributed by atoms with Crippen molar-refractivity contribution in [2.24, 2.45) is 5.92 Å². The summed E-state index contributed by atoms with van der Waals surface area (Å²) in [5.41, 5.74) is 3.49. The van der Waals surface area contributed by atoms with Crippen LogP contribution in [0, 0.1) is 19.8 Å². The van der Waals surface area contributed by atoms with E-state index < -0.39 is 0 Å². The lowest BCUT2D eigenvalue weighted by Gasteiger charge is -2.31. The number of carbonyl (C=O) groups is 1. The molecule has 1 atom stereocenters. The van der Waals surface area contributed by atoms with Crippen LogP contribution in [0.5, 0.6) is 0 Å². The number of nitrogens with one attached hydrogen (secondary N) is 1. The smallest absolute Gasteiger partial charge is 0.222 e. The second kappa shape index (κ2) is 8.28. The molecular weight excluding hydrogens is 364 g/mol. The molecule has 0 aromatic carbocycles. The lowest BCUT2D eigenvalue weighted by molar-refractivity contribution is -0.132. The van der Waals surface area contributed by atoms with Gasteiger partial charge in [-0.05, 0) is 57.4 Å². The zero-order chi connectivity index (χ0) is 20.5. The summed E-state index contributed by atoms with van der Waals surface area (Å²) in [6, 6.07) is 0. The van der Waals surface area contributed by atoms with Gasteiger partial charge in [-0.2, -0.15) is 10.2 Å². The number of aromatic nitrogens is 5. The van der Waals surface area contributed by atoms with E-state index in [1.807, 2.05) is 4.90 Å². The summed E-state index contributed by atoms with van der Waals surface area (Å²) >= 11 is 0. The molecule has 1 aliphatic carbocycles. The van der Waals surface area contributed by atoms with Gasteiger partial charge < -0.3 is 4.90 Å². The average Bonchev–Trinajstić information content (AvgIpc) is 3.36. The van der Waals surface area contributed by atoms with E-state index in [-0.39, 0.29) is 11.8 Å². The summed E-state index contributed by atoms with van der Waals surface area (Å²) in [6.07, 6.45) is 5.83. The second-order valence-corrected chi connectivity index (χ2v) is 9.26. The van der Waals surface area contributed by atoms with Crippen LogP contribution in [0.1, 0.15) is 86.4 Å².